The number of aryl methyl sites for hydroxylation is 1. The molecule has 9 heteroatoms. The number of amides is 1. The lowest BCUT2D eigenvalue weighted by molar-refractivity contribution is -0.120. The molecule has 0 spiro atoms. The van der Waals surface area contributed by atoms with E-state index >= 15 is 0 Å². The van der Waals surface area contributed by atoms with Crippen molar-refractivity contribution in [1.82, 2.24) is 15.6 Å². The summed E-state index contributed by atoms with van der Waals surface area (Å²) < 4.78 is 5.70. The molecule has 0 unspecified atom stereocenters. The van der Waals surface area contributed by atoms with Crippen LogP contribution < -0.4 is 10.6 Å². The largest absolute Gasteiger partial charge is 0.441 e. The lowest BCUT2D eigenvalue weighted by atomic mass is 10.1. The minimum Gasteiger partial charge on any atom is -0.441 e. The highest BCUT2D eigenvalue weighted by atomic mass is 35.5. The Kier molecular flexibility index (Phi) is 10.2. The minimum absolute atomic E-state index is 0. The maximum Gasteiger partial charge on any atom is 0.220 e. The van der Waals surface area contributed by atoms with Gasteiger partial charge in [0.05, 0.1) is 11.2 Å². The average Bonchev–Trinajstić information content (AvgIpc) is 3.08. The van der Waals surface area contributed by atoms with Crippen LogP contribution in [-0.4, -0.2) is 30.5 Å². The molecule has 3 rings (SSSR count). The second-order valence-electron chi connectivity index (χ2n) is 5.84. The van der Waals surface area contributed by atoms with Crippen LogP contribution in [0.1, 0.15) is 18.7 Å². The summed E-state index contributed by atoms with van der Waals surface area (Å²) in [6.45, 7) is 2.45. The van der Waals surface area contributed by atoms with Crippen LogP contribution in [0.4, 0.5) is 0 Å². The van der Waals surface area contributed by atoms with Gasteiger partial charge in [0, 0.05) is 36.5 Å². The van der Waals surface area contributed by atoms with E-state index < -0.39 is 0 Å². The first-order chi connectivity index (χ1) is 12.1. The quantitative estimate of drug-likeness (QED) is 0.635. The van der Waals surface area contributed by atoms with Crippen LogP contribution in [0.15, 0.2) is 40.5 Å². The lowest BCUT2D eigenvalue weighted by Crippen LogP contribution is -2.29. The van der Waals surface area contributed by atoms with E-state index in [0.717, 1.165) is 25.1 Å². The zero-order valence-corrected chi connectivity index (χ0v) is 17.6. The van der Waals surface area contributed by atoms with Crippen molar-refractivity contribution in [2.75, 3.05) is 19.6 Å². The fraction of sp³-hybridized carbons (Fsp3) is 0.333. The number of oxazole rings is 1. The second-order valence-corrected chi connectivity index (χ2v) is 6.68. The van der Waals surface area contributed by atoms with Crippen LogP contribution in [0.2, 0.25) is 10.0 Å². The number of hydrogen-bond acceptors (Lipinski definition) is 4. The van der Waals surface area contributed by atoms with E-state index in [9.17, 15) is 4.79 Å². The van der Waals surface area contributed by atoms with Crippen LogP contribution >= 0.6 is 48.0 Å². The molecule has 148 valence electrons. The molecule has 2 heterocycles. The summed E-state index contributed by atoms with van der Waals surface area (Å²) in [7, 11) is 0. The number of aromatic nitrogens is 1. The van der Waals surface area contributed by atoms with Crippen LogP contribution in [-0.2, 0) is 11.2 Å². The molecule has 1 aromatic heterocycles. The highest BCUT2D eigenvalue weighted by Gasteiger charge is 2.12. The average molecular weight is 453 g/mol. The Labute approximate surface area is 180 Å². The van der Waals surface area contributed by atoms with Gasteiger partial charge in [-0.05, 0) is 31.2 Å². The van der Waals surface area contributed by atoms with Gasteiger partial charge in [0.2, 0.25) is 5.91 Å². The number of halogens is 4. The molecule has 1 amide bonds. The minimum atomic E-state index is -0.0105. The van der Waals surface area contributed by atoms with E-state index in [1.807, 2.05) is 0 Å². The third-order valence-electron chi connectivity index (χ3n) is 3.99. The second kappa shape index (κ2) is 11.6. The Bertz CT molecular complexity index is 793. The molecule has 0 radical (unpaired) electrons. The summed E-state index contributed by atoms with van der Waals surface area (Å²) in [4.78, 5) is 16.2. The van der Waals surface area contributed by atoms with Gasteiger partial charge < -0.3 is 15.1 Å². The van der Waals surface area contributed by atoms with Gasteiger partial charge in [-0.15, -0.1) is 24.8 Å². The first-order valence-corrected chi connectivity index (χ1v) is 8.93. The first-order valence-electron chi connectivity index (χ1n) is 8.17. The van der Waals surface area contributed by atoms with Crippen LogP contribution in [0.5, 0.6) is 0 Å². The summed E-state index contributed by atoms with van der Waals surface area (Å²) in [5.41, 5.74) is 2.00. The van der Waals surface area contributed by atoms with Crippen molar-refractivity contribution >= 4 is 53.9 Å². The van der Waals surface area contributed by atoms with E-state index in [2.05, 4.69) is 21.7 Å². The van der Waals surface area contributed by atoms with Crippen molar-refractivity contribution in [3.05, 3.63) is 52.0 Å². The predicted molar refractivity (Wildman–Crippen MR) is 113 cm³/mol. The maximum absolute atomic E-state index is 12.0. The molecule has 5 nitrogen and oxygen atoms in total. The standard InChI is InChI=1S/C18H19Cl2N3O2.2ClH/c19-13-1-2-14(15(20)9-13)16-11-23-18(25-16)4-3-17(24)22-10-12-5-7-21-8-6-12;;/h1-2,5,9,11,21H,3-4,6-8,10H2,(H,22,24);2*1H. The molecule has 27 heavy (non-hydrogen) atoms. The fourth-order valence-electron chi connectivity index (χ4n) is 2.59. The molecule has 1 aromatic carbocycles. The SMILES string of the molecule is Cl.Cl.O=C(CCc1ncc(-c2ccc(Cl)cc2Cl)o1)NCC1=CCNCC1. The van der Waals surface area contributed by atoms with E-state index in [-0.39, 0.29) is 30.7 Å². The van der Waals surface area contributed by atoms with Crippen molar-refractivity contribution < 1.29 is 9.21 Å². The van der Waals surface area contributed by atoms with Gasteiger partial charge in [0.25, 0.3) is 0 Å². The zero-order chi connectivity index (χ0) is 17.6. The van der Waals surface area contributed by atoms with Gasteiger partial charge >= 0.3 is 0 Å². The molecular weight excluding hydrogens is 432 g/mol. The van der Waals surface area contributed by atoms with Crippen molar-refractivity contribution in [3.63, 3.8) is 0 Å². The van der Waals surface area contributed by atoms with E-state index in [0.29, 0.717) is 41.1 Å². The maximum atomic E-state index is 12.0. The molecular formula is C18H21Cl4N3O2. The van der Waals surface area contributed by atoms with Gasteiger partial charge in [-0.2, -0.15) is 0 Å². The number of nitrogens with zero attached hydrogens (tertiary/aromatic N) is 1. The molecule has 0 fully saturated rings. The molecule has 0 atom stereocenters. The Hall–Kier alpha value is -1.24. The molecule has 0 saturated carbocycles. The summed E-state index contributed by atoms with van der Waals surface area (Å²) in [6, 6.07) is 5.19. The van der Waals surface area contributed by atoms with E-state index in [4.69, 9.17) is 27.6 Å². The smallest absolute Gasteiger partial charge is 0.220 e. The fourth-order valence-corrected chi connectivity index (χ4v) is 3.09. The van der Waals surface area contributed by atoms with E-state index in [1.165, 1.54) is 5.57 Å². The lowest BCUT2D eigenvalue weighted by Gasteiger charge is -2.14. The Morgan fingerprint density at radius 2 is 2.11 bits per heavy atom. The van der Waals surface area contributed by atoms with E-state index in [1.54, 1.807) is 24.4 Å². The van der Waals surface area contributed by atoms with Crippen molar-refractivity contribution in [2.24, 2.45) is 0 Å². The topological polar surface area (TPSA) is 67.2 Å². The number of nitrogens with one attached hydrogen (secondary N) is 2. The van der Waals surface area contributed by atoms with Gasteiger partial charge in [0.15, 0.2) is 11.7 Å². The molecule has 0 bridgehead atoms. The van der Waals surface area contributed by atoms with Gasteiger partial charge in [-0.1, -0.05) is 34.9 Å². The monoisotopic (exact) mass is 451 g/mol. The third-order valence-corrected chi connectivity index (χ3v) is 4.53. The van der Waals surface area contributed by atoms with Gasteiger partial charge in [-0.25, -0.2) is 4.98 Å². The predicted octanol–water partition coefficient (Wildman–Crippen LogP) is 4.46. The molecule has 1 aliphatic rings. The third kappa shape index (κ3) is 7.01. The first kappa shape index (κ1) is 23.8. The molecule has 1 aliphatic heterocycles. The number of carbonyl (C=O) groups excluding carboxylic acids is 1. The van der Waals surface area contributed by atoms with Gasteiger partial charge in [0.1, 0.15) is 0 Å². The highest BCUT2D eigenvalue weighted by Crippen LogP contribution is 2.30. The zero-order valence-electron chi connectivity index (χ0n) is 14.5. The molecule has 0 saturated heterocycles. The number of rotatable bonds is 6. The number of carbonyl (C=O) groups is 1. The van der Waals surface area contributed by atoms with Gasteiger partial charge in [-0.3, -0.25) is 4.79 Å². The Morgan fingerprint density at radius 3 is 2.81 bits per heavy atom. The van der Waals surface area contributed by atoms with Crippen LogP contribution in [0.25, 0.3) is 11.3 Å². The molecule has 2 aromatic rings. The molecule has 2 N–H and O–H groups in total. The molecule has 0 aliphatic carbocycles. The van der Waals surface area contributed by atoms with Crippen LogP contribution in [0.3, 0.4) is 0 Å². The summed E-state index contributed by atoms with van der Waals surface area (Å²) in [5, 5.41) is 7.25. The van der Waals surface area contributed by atoms with Crippen molar-refractivity contribution in [3.8, 4) is 11.3 Å². The number of hydrogen-bond donors (Lipinski definition) is 2. The van der Waals surface area contributed by atoms with Crippen LogP contribution in [0, 0.1) is 0 Å². The van der Waals surface area contributed by atoms with Crippen molar-refractivity contribution in [2.45, 2.75) is 19.3 Å². The normalized spacial score (nSPS) is 13.2. The summed E-state index contributed by atoms with van der Waals surface area (Å²) >= 11 is 12.1. The Morgan fingerprint density at radius 1 is 1.30 bits per heavy atom. The Balaban J connectivity index is 0.00000182. The highest BCUT2D eigenvalue weighted by molar-refractivity contribution is 6.36. The number of benzene rings is 1. The summed E-state index contributed by atoms with van der Waals surface area (Å²) in [5.74, 6) is 1.07. The summed E-state index contributed by atoms with van der Waals surface area (Å²) in [6.07, 6.45) is 5.49. The van der Waals surface area contributed by atoms with Crippen molar-refractivity contribution in [1.29, 1.82) is 0 Å².